The minimum absolute atomic E-state index is 0.303. The summed E-state index contributed by atoms with van der Waals surface area (Å²) in [5, 5.41) is 6.55. The Bertz CT molecular complexity index is 1100. The van der Waals surface area contributed by atoms with E-state index in [4.69, 9.17) is 21.1 Å². The second kappa shape index (κ2) is 9.84. The van der Waals surface area contributed by atoms with E-state index in [0.717, 1.165) is 30.3 Å². The van der Waals surface area contributed by atoms with Gasteiger partial charge in [0.15, 0.2) is 0 Å². The minimum Gasteiger partial charge on any atom is -0.496 e. The third-order valence-electron chi connectivity index (χ3n) is 4.98. The van der Waals surface area contributed by atoms with Crippen LogP contribution in [0, 0.1) is 6.92 Å². The van der Waals surface area contributed by atoms with E-state index in [9.17, 15) is 4.79 Å². The molecule has 0 spiro atoms. The molecule has 0 atom stereocenters. The predicted octanol–water partition coefficient (Wildman–Crippen LogP) is 4.28. The summed E-state index contributed by atoms with van der Waals surface area (Å²) in [5.74, 6) is 1.55. The fourth-order valence-electron chi connectivity index (χ4n) is 3.38. The largest absolute Gasteiger partial charge is 0.496 e. The number of aryl methyl sites for hydroxylation is 1. The maximum Gasteiger partial charge on any atom is 0.259 e. The smallest absolute Gasteiger partial charge is 0.259 e. The van der Waals surface area contributed by atoms with Crippen LogP contribution in [0.5, 0.6) is 5.75 Å². The summed E-state index contributed by atoms with van der Waals surface area (Å²) in [6, 6.07) is 14.2. The Hall–Kier alpha value is -3.36. The Morgan fingerprint density at radius 3 is 2.50 bits per heavy atom. The first-order chi connectivity index (χ1) is 15.5. The number of ether oxygens (including phenoxy) is 2. The first kappa shape index (κ1) is 21.9. The lowest BCUT2D eigenvalue weighted by Crippen LogP contribution is -2.36. The molecule has 1 aliphatic heterocycles. The highest BCUT2D eigenvalue weighted by Crippen LogP contribution is 2.25. The van der Waals surface area contributed by atoms with Gasteiger partial charge in [-0.3, -0.25) is 4.79 Å². The summed E-state index contributed by atoms with van der Waals surface area (Å²) in [6.45, 7) is 4.95. The highest BCUT2D eigenvalue weighted by atomic mass is 35.5. The Morgan fingerprint density at radius 2 is 1.78 bits per heavy atom. The molecule has 0 unspecified atom stereocenters. The lowest BCUT2D eigenvalue weighted by atomic mass is 10.1. The molecule has 1 saturated heterocycles. The summed E-state index contributed by atoms with van der Waals surface area (Å²) < 4.78 is 10.7. The van der Waals surface area contributed by atoms with Crippen molar-refractivity contribution in [2.24, 2.45) is 0 Å². The van der Waals surface area contributed by atoms with Gasteiger partial charge in [-0.1, -0.05) is 11.6 Å². The molecule has 8 nitrogen and oxygen atoms in total. The molecule has 0 aliphatic carbocycles. The maximum atomic E-state index is 12.6. The SMILES string of the molecule is COc1ccc(Cl)cc1C(=O)Nc1ccc(Nc2nc(C)cc(N3CCOCC3)n2)cc1. The van der Waals surface area contributed by atoms with Crippen molar-refractivity contribution < 1.29 is 14.3 Å². The van der Waals surface area contributed by atoms with Crippen LogP contribution in [0.25, 0.3) is 0 Å². The van der Waals surface area contributed by atoms with Crippen molar-refractivity contribution in [3.8, 4) is 5.75 Å². The van der Waals surface area contributed by atoms with Gasteiger partial charge < -0.3 is 25.0 Å². The number of benzene rings is 2. The number of methoxy groups -OCH3 is 1. The minimum atomic E-state index is -0.303. The van der Waals surface area contributed by atoms with Crippen LogP contribution < -0.4 is 20.3 Å². The van der Waals surface area contributed by atoms with E-state index >= 15 is 0 Å². The van der Waals surface area contributed by atoms with E-state index in [2.05, 4.69) is 25.5 Å². The van der Waals surface area contributed by atoms with Crippen LogP contribution in [-0.4, -0.2) is 49.3 Å². The Kier molecular flexibility index (Phi) is 6.72. The van der Waals surface area contributed by atoms with Crippen molar-refractivity contribution in [2.45, 2.75) is 6.92 Å². The molecule has 2 aromatic carbocycles. The number of carbonyl (C=O) groups is 1. The van der Waals surface area contributed by atoms with Gasteiger partial charge in [-0.25, -0.2) is 4.98 Å². The van der Waals surface area contributed by atoms with Crippen LogP contribution in [0.3, 0.4) is 0 Å². The summed E-state index contributed by atoms with van der Waals surface area (Å²) in [4.78, 5) is 24.0. The lowest BCUT2D eigenvalue weighted by Gasteiger charge is -2.28. The van der Waals surface area contributed by atoms with E-state index in [-0.39, 0.29) is 5.91 Å². The van der Waals surface area contributed by atoms with Crippen molar-refractivity contribution in [1.82, 2.24) is 9.97 Å². The molecule has 1 amide bonds. The number of nitrogens with zero attached hydrogens (tertiary/aromatic N) is 3. The van der Waals surface area contributed by atoms with Crippen molar-refractivity contribution in [2.75, 3.05) is 48.9 Å². The van der Waals surface area contributed by atoms with E-state index in [1.54, 1.807) is 30.3 Å². The van der Waals surface area contributed by atoms with Crippen molar-refractivity contribution in [3.63, 3.8) is 0 Å². The standard InChI is InChI=1S/C23H24ClN5O3/c1-15-13-21(29-9-11-32-12-10-29)28-23(25-15)27-18-6-4-17(5-7-18)26-22(30)19-14-16(24)3-8-20(19)31-2/h3-8,13-14H,9-12H2,1-2H3,(H,26,30)(H,25,27,28). The quantitative estimate of drug-likeness (QED) is 0.575. The van der Waals surface area contributed by atoms with Crippen LogP contribution in [0.4, 0.5) is 23.1 Å². The van der Waals surface area contributed by atoms with E-state index in [1.165, 1.54) is 7.11 Å². The molecule has 0 bridgehead atoms. The molecular weight excluding hydrogens is 430 g/mol. The van der Waals surface area contributed by atoms with Gasteiger partial charge in [-0.2, -0.15) is 4.98 Å². The molecule has 1 aliphatic rings. The first-order valence-corrected chi connectivity index (χ1v) is 10.6. The number of nitrogens with one attached hydrogen (secondary N) is 2. The van der Waals surface area contributed by atoms with Crippen LogP contribution in [-0.2, 0) is 4.74 Å². The Balaban J connectivity index is 1.45. The zero-order valence-electron chi connectivity index (χ0n) is 17.9. The van der Waals surface area contributed by atoms with Gasteiger partial charge in [0.2, 0.25) is 5.95 Å². The average Bonchev–Trinajstić information content (AvgIpc) is 2.80. The molecule has 4 rings (SSSR count). The monoisotopic (exact) mass is 453 g/mol. The molecule has 1 fully saturated rings. The van der Waals surface area contributed by atoms with Gasteiger partial charge in [0, 0.05) is 41.2 Å². The molecule has 9 heteroatoms. The molecule has 0 saturated carbocycles. The second-order valence-electron chi connectivity index (χ2n) is 7.29. The number of halogens is 1. The number of anilines is 4. The number of morpholine rings is 1. The van der Waals surface area contributed by atoms with Gasteiger partial charge in [0.1, 0.15) is 11.6 Å². The maximum absolute atomic E-state index is 12.6. The van der Waals surface area contributed by atoms with Gasteiger partial charge in [0.25, 0.3) is 5.91 Å². The van der Waals surface area contributed by atoms with Gasteiger partial charge in [-0.15, -0.1) is 0 Å². The van der Waals surface area contributed by atoms with Crippen molar-refractivity contribution in [3.05, 3.63) is 64.8 Å². The van der Waals surface area contributed by atoms with Gasteiger partial charge in [0.05, 0.1) is 25.9 Å². The third kappa shape index (κ3) is 5.27. The molecule has 2 N–H and O–H groups in total. The number of rotatable bonds is 6. The van der Waals surface area contributed by atoms with Crippen LogP contribution >= 0.6 is 11.6 Å². The van der Waals surface area contributed by atoms with Gasteiger partial charge >= 0.3 is 0 Å². The highest BCUT2D eigenvalue weighted by Gasteiger charge is 2.15. The average molecular weight is 454 g/mol. The molecule has 3 aromatic rings. The number of aromatic nitrogens is 2. The molecule has 32 heavy (non-hydrogen) atoms. The van der Waals surface area contributed by atoms with E-state index < -0.39 is 0 Å². The second-order valence-corrected chi connectivity index (χ2v) is 7.73. The molecule has 2 heterocycles. The lowest BCUT2D eigenvalue weighted by molar-refractivity contribution is 0.102. The topological polar surface area (TPSA) is 88.6 Å². The molecule has 166 valence electrons. The van der Waals surface area contributed by atoms with Crippen LogP contribution in [0.15, 0.2) is 48.5 Å². The Labute approximate surface area is 191 Å². The zero-order chi connectivity index (χ0) is 22.5. The molecule has 0 radical (unpaired) electrons. The normalized spacial score (nSPS) is 13.5. The zero-order valence-corrected chi connectivity index (χ0v) is 18.6. The fourth-order valence-corrected chi connectivity index (χ4v) is 3.56. The van der Waals surface area contributed by atoms with Crippen LogP contribution in [0.2, 0.25) is 5.02 Å². The summed E-state index contributed by atoms with van der Waals surface area (Å²) in [6.07, 6.45) is 0. The molecular formula is C23H24ClN5O3. The summed E-state index contributed by atoms with van der Waals surface area (Å²) in [5.41, 5.74) is 2.69. The third-order valence-corrected chi connectivity index (χ3v) is 5.22. The summed E-state index contributed by atoms with van der Waals surface area (Å²) >= 11 is 6.03. The first-order valence-electron chi connectivity index (χ1n) is 10.2. The van der Waals surface area contributed by atoms with Crippen LogP contribution in [0.1, 0.15) is 16.1 Å². The number of hydrogen-bond donors (Lipinski definition) is 2. The highest BCUT2D eigenvalue weighted by molar-refractivity contribution is 6.31. The number of amides is 1. The summed E-state index contributed by atoms with van der Waals surface area (Å²) in [7, 11) is 1.51. The fraction of sp³-hybridized carbons (Fsp3) is 0.261. The van der Waals surface area contributed by atoms with E-state index in [1.807, 2.05) is 25.1 Å². The molecule has 1 aromatic heterocycles. The Morgan fingerprint density at radius 1 is 1.06 bits per heavy atom. The predicted molar refractivity (Wildman–Crippen MR) is 125 cm³/mol. The van der Waals surface area contributed by atoms with Crippen molar-refractivity contribution in [1.29, 1.82) is 0 Å². The van der Waals surface area contributed by atoms with E-state index in [0.29, 0.717) is 41.2 Å². The van der Waals surface area contributed by atoms with Crippen molar-refractivity contribution >= 4 is 40.6 Å². The van der Waals surface area contributed by atoms with Gasteiger partial charge in [-0.05, 0) is 49.4 Å². The number of carbonyl (C=O) groups excluding carboxylic acids is 1. The number of hydrogen-bond acceptors (Lipinski definition) is 7.